The number of nitrogens with zero attached hydrogens (tertiary/aromatic N) is 1. The number of para-hydroxylation sites is 1. The van der Waals surface area contributed by atoms with Crippen LogP contribution in [0.1, 0.15) is 37.6 Å². The molecule has 2 aromatic rings. The summed E-state index contributed by atoms with van der Waals surface area (Å²) in [6, 6.07) is 17.0. The third-order valence-electron chi connectivity index (χ3n) is 4.23. The second kappa shape index (κ2) is 9.61. The Bertz CT molecular complexity index is 714. The van der Waals surface area contributed by atoms with Crippen molar-refractivity contribution in [3.63, 3.8) is 0 Å². The zero-order valence-electron chi connectivity index (χ0n) is 15.7. The van der Waals surface area contributed by atoms with Crippen LogP contribution >= 0.6 is 0 Å². The molecule has 1 atom stereocenters. The molecule has 2 aromatic carbocycles. The molecule has 5 heteroatoms. The van der Waals surface area contributed by atoms with Crippen LogP contribution in [0.25, 0.3) is 0 Å². The molecule has 0 aliphatic carbocycles. The topological polar surface area (TPSA) is 61.4 Å². The predicted molar refractivity (Wildman–Crippen MR) is 107 cm³/mol. The Labute approximate surface area is 155 Å². The summed E-state index contributed by atoms with van der Waals surface area (Å²) < 4.78 is 0. The Kier molecular flexibility index (Phi) is 7.21. The predicted octanol–water partition coefficient (Wildman–Crippen LogP) is 3.68. The summed E-state index contributed by atoms with van der Waals surface area (Å²) in [7, 11) is 0. The first-order chi connectivity index (χ1) is 12.5. The summed E-state index contributed by atoms with van der Waals surface area (Å²) in [5.74, 6) is -0.0829. The SMILES string of the molecule is CCC(C)NC(=O)CNc1ccc(C(=O)N(CC)c2ccccc2)cc1. The van der Waals surface area contributed by atoms with Gasteiger partial charge in [0.05, 0.1) is 6.54 Å². The van der Waals surface area contributed by atoms with Crippen LogP contribution in [0.3, 0.4) is 0 Å². The quantitative estimate of drug-likeness (QED) is 0.761. The fraction of sp³-hybridized carbons (Fsp3) is 0.333. The summed E-state index contributed by atoms with van der Waals surface area (Å²) in [6.45, 7) is 6.77. The van der Waals surface area contributed by atoms with Crippen LogP contribution in [0.5, 0.6) is 0 Å². The average Bonchev–Trinajstić information content (AvgIpc) is 2.68. The van der Waals surface area contributed by atoms with Crippen LogP contribution in [-0.2, 0) is 4.79 Å². The van der Waals surface area contributed by atoms with Crippen LogP contribution in [0.4, 0.5) is 11.4 Å². The van der Waals surface area contributed by atoms with E-state index < -0.39 is 0 Å². The molecule has 0 radical (unpaired) electrons. The molecule has 0 aromatic heterocycles. The van der Waals surface area contributed by atoms with Gasteiger partial charge < -0.3 is 15.5 Å². The molecule has 0 fully saturated rings. The van der Waals surface area contributed by atoms with E-state index in [0.717, 1.165) is 17.8 Å². The van der Waals surface area contributed by atoms with E-state index in [1.165, 1.54) is 0 Å². The van der Waals surface area contributed by atoms with Gasteiger partial charge in [0.2, 0.25) is 5.91 Å². The van der Waals surface area contributed by atoms with Crippen molar-refractivity contribution in [2.45, 2.75) is 33.2 Å². The normalized spacial score (nSPS) is 11.5. The minimum Gasteiger partial charge on any atom is -0.376 e. The molecule has 0 aliphatic rings. The fourth-order valence-corrected chi connectivity index (χ4v) is 2.55. The number of nitrogens with one attached hydrogen (secondary N) is 2. The molecule has 0 saturated carbocycles. The lowest BCUT2D eigenvalue weighted by Gasteiger charge is -2.21. The first-order valence-corrected chi connectivity index (χ1v) is 9.05. The Hall–Kier alpha value is -2.82. The van der Waals surface area contributed by atoms with Gasteiger partial charge in [0, 0.05) is 29.5 Å². The second-order valence-corrected chi connectivity index (χ2v) is 6.19. The molecule has 138 valence electrons. The van der Waals surface area contributed by atoms with E-state index in [1.54, 1.807) is 17.0 Å². The molecule has 2 amide bonds. The van der Waals surface area contributed by atoms with Gasteiger partial charge >= 0.3 is 0 Å². The third-order valence-corrected chi connectivity index (χ3v) is 4.23. The van der Waals surface area contributed by atoms with Crippen molar-refractivity contribution in [1.29, 1.82) is 0 Å². The highest BCUT2D eigenvalue weighted by atomic mass is 16.2. The number of hydrogen-bond acceptors (Lipinski definition) is 3. The van der Waals surface area contributed by atoms with Crippen molar-refractivity contribution in [3.8, 4) is 0 Å². The van der Waals surface area contributed by atoms with Crippen LogP contribution in [0.15, 0.2) is 54.6 Å². The van der Waals surface area contributed by atoms with Crippen LogP contribution in [-0.4, -0.2) is 30.9 Å². The molecule has 0 saturated heterocycles. The van der Waals surface area contributed by atoms with Gasteiger partial charge in [-0.05, 0) is 56.7 Å². The highest BCUT2D eigenvalue weighted by Gasteiger charge is 2.15. The Morgan fingerprint density at radius 2 is 1.65 bits per heavy atom. The lowest BCUT2D eigenvalue weighted by atomic mass is 10.1. The molecular weight excluding hydrogens is 326 g/mol. The highest BCUT2D eigenvalue weighted by Crippen LogP contribution is 2.18. The molecule has 5 nitrogen and oxygen atoms in total. The number of anilines is 2. The maximum Gasteiger partial charge on any atom is 0.258 e. The van der Waals surface area contributed by atoms with Gasteiger partial charge in [0.1, 0.15) is 0 Å². The van der Waals surface area contributed by atoms with Crippen molar-refractivity contribution in [2.75, 3.05) is 23.3 Å². The number of amides is 2. The minimum atomic E-state index is -0.0419. The number of hydrogen-bond donors (Lipinski definition) is 2. The van der Waals surface area contributed by atoms with Crippen LogP contribution in [0, 0.1) is 0 Å². The van der Waals surface area contributed by atoms with Crippen LogP contribution < -0.4 is 15.5 Å². The van der Waals surface area contributed by atoms with E-state index in [0.29, 0.717) is 12.1 Å². The second-order valence-electron chi connectivity index (χ2n) is 6.19. The van der Waals surface area contributed by atoms with Gasteiger partial charge in [-0.25, -0.2) is 0 Å². The average molecular weight is 353 g/mol. The molecule has 1 unspecified atom stereocenters. The number of rotatable bonds is 8. The van der Waals surface area contributed by atoms with E-state index in [2.05, 4.69) is 10.6 Å². The Morgan fingerprint density at radius 1 is 1.00 bits per heavy atom. The zero-order valence-corrected chi connectivity index (χ0v) is 15.7. The summed E-state index contributed by atoms with van der Waals surface area (Å²) in [4.78, 5) is 26.3. The van der Waals surface area contributed by atoms with Gasteiger partial charge in [0.25, 0.3) is 5.91 Å². The van der Waals surface area contributed by atoms with E-state index >= 15 is 0 Å². The fourth-order valence-electron chi connectivity index (χ4n) is 2.55. The summed E-state index contributed by atoms with van der Waals surface area (Å²) in [6.07, 6.45) is 0.901. The molecule has 2 N–H and O–H groups in total. The van der Waals surface area contributed by atoms with Crippen molar-refractivity contribution in [1.82, 2.24) is 5.32 Å². The molecule has 26 heavy (non-hydrogen) atoms. The van der Waals surface area contributed by atoms with Crippen molar-refractivity contribution in [3.05, 3.63) is 60.2 Å². The molecular formula is C21H27N3O2. The van der Waals surface area contributed by atoms with E-state index in [9.17, 15) is 9.59 Å². The van der Waals surface area contributed by atoms with E-state index in [1.807, 2.05) is 63.2 Å². The van der Waals surface area contributed by atoms with Gasteiger partial charge in [-0.3, -0.25) is 9.59 Å². The Balaban J connectivity index is 1.98. The van der Waals surface area contributed by atoms with Gasteiger partial charge in [-0.1, -0.05) is 25.1 Å². The number of benzene rings is 2. The van der Waals surface area contributed by atoms with E-state index in [4.69, 9.17) is 0 Å². The first-order valence-electron chi connectivity index (χ1n) is 9.05. The molecule has 0 heterocycles. The monoisotopic (exact) mass is 353 g/mol. The third kappa shape index (κ3) is 5.34. The maximum atomic E-state index is 12.7. The number of carbonyl (C=O) groups excluding carboxylic acids is 2. The zero-order chi connectivity index (χ0) is 18.9. The minimum absolute atomic E-state index is 0.0410. The standard InChI is InChI=1S/C21H27N3O2/c1-4-16(3)23-20(25)15-22-18-13-11-17(12-14-18)21(26)24(5-2)19-9-7-6-8-10-19/h6-14,16,22H,4-5,15H2,1-3H3,(H,23,25). The summed E-state index contributed by atoms with van der Waals surface area (Å²) in [5.41, 5.74) is 2.30. The lowest BCUT2D eigenvalue weighted by Crippen LogP contribution is -2.36. The molecule has 2 rings (SSSR count). The number of carbonyl (C=O) groups is 2. The smallest absolute Gasteiger partial charge is 0.258 e. The Morgan fingerprint density at radius 3 is 2.23 bits per heavy atom. The largest absolute Gasteiger partial charge is 0.376 e. The van der Waals surface area contributed by atoms with Crippen molar-refractivity contribution >= 4 is 23.2 Å². The van der Waals surface area contributed by atoms with Gasteiger partial charge in [0.15, 0.2) is 0 Å². The molecule has 0 aliphatic heterocycles. The van der Waals surface area contributed by atoms with Crippen molar-refractivity contribution < 1.29 is 9.59 Å². The molecule has 0 bridgehead atoms. The highest BCUT2D eigenvalue weighted by molar-refractivity contribution is 6.06. The van der Waals surface area contributed by atoms with E-state index in [-0.39, 0.29) is 24.4 Å². The first kappa shape index (κ1) is 19.5. The maximum absolute atomic E-state index is 12.7. The van der Waals surface area contributed by atoms with Gasteiger partial charge in [-0.2, -0.15) is 0 Å². The summed E-state index contributed by atoms with van der Waals surface area (Å²) >= 11 is 0. The lowest BCUT2D eigenvalue weighted by molar-refractivity contribution is -0.120. The molecule has 0 spiro atoms. The van der Waals surface area contributed by atoms with Crippen molar-refractivity contribution in [2.24, 2.45) is 0 Å². The van der Waals surface area contributed by atoms with Gasteiger partial charge in [-0.15, -0.1) is 0 Å². The van der Waals surface area contributed by atoms with Crippen LogP contribution in [0.2, 0.25) is 0 Å². The summed E-state index contributed by atoms with van der Waals surface area (Å²) in [5, 5.41) is 5.99.